The Kier molecular flexibility index (Phi) is 4.38. The van der Waals surface area contributed by atoms with Gasteiger partial charge in [-0.3, -0.25) is 5.41 Å². The predicted molar refractivity (Wildman–Crippen MR) is 83.6 cm³/mol. The summed E-state index contributed by atoms with van der Waals surface area (Å²) >= 11 is 3.53. The molecule has 0 saturated heterocycles. The van der Waals surface area contributed by atoms with Crippen LogP contribution in [0.2, 0.25) is 0 Å². The van der Waals surface area contributed by atoms with Crippen molar-refractivity contribution in [3.8, 4) is 0 Å². The summed E-state index contributed by atoms with van der Waals surface area (Å²) in [6, 6.07) is 16.2. The van der Waals surface area contributed by atoms with Crippen LogP contribution in [0.3, 0.4) is 0 Å². The van der Waals surface area contributed by atoms with Crippen LogP contribution in [0.5, 0.6) is 0 Å². The molecule has 2 aromatic rings. The minimum Gasteiger partial charge on any atom is -0.355 e. The van der Waals surface area contributed by atoms with Crippen LogP contribution in [-0.2, 0) is 6.54 Å². The fourth-order valence-electron chi connectivity index (χ4n) is 2.06. The normalized spacial score (nSPS) is 10.3. The van der Waals surface area contributed by atoms with E-state index < -0.39 is 0 Å². The maximum Gasteiger partial charge on any atom is 0.129 e. The number of hydrogen-bond donors (Lipinski definition) is 1. The number of nitrogens with zero attached hydrogens (tertiary/aromatic N) is 1. The van der Waals surface area contributed by atoms with Gasteiger partial charge in [0.25, 0.3) is 0 Å². The minimum absolute atomic E-state index is 0.536. The molecule has 19 heavy (non-hydrogen) atoms. The lowest BCUT2D eigenvalue weighted by atomic mass is 10.1. The van der Waals surface area contributed by atoms with E-state index in [0.29, 0.717) is 5.84 Å². The predicted octanol–water partition coefficient (Wildman–Crippen LogP) is 4.21. The van der Waals surface area contributed by atoms with Gasteiger partial charge < -0.3 is 4.90 Å². The summed E-state index contributed by atoms with van der Waals surface area (Å²) in [5, 5.41) is 8.36. The summed E-state index contributed by atoms with van der Waals surface area (Å²) in [5.74, 6) is 0.536. The lowest BCUT2D eigenvalue weighted by Crippen LogP contribution is -2.27. The molecule has 2 rings (SSSR count). The van der Waals surface area contributed by atoms with Gasteiger partial charge in [0.2, 0.25) is 0 Å². The third kappa shape index (κ3) is 3.24. The van der Waals surface area contributed by atoms with Gasteiger partial charge >= 0.3 is 0 Å². The third-order valence-electron chi connectivity index (χ3n) is 3.10. The highest BCUT2D eigenvalue weighted by Crippen LogP contribution is 2.22. The van der Waals surface area contributed by atoms with Crippen LogP contribution in [-0.4, -0.2) is 17.8 Å². The summed E-state index contributed by atoms with van der Waals surface area (Å²) in [5.41, 5.74) is 3.28. The van der Waals surface area contributed by atoms with Gasteiger partial charge in [0.15, 0.2) is 0 Å². The Morgan fingerprint density at radius 2 is 1.79 bits per heavy atom. The van der Waals surface area contributed by atoms with E-state index in [2.05, 4.69) is 28.1 Å². The SMILES string of the molecule is Cc1cccc(Br)c1C(=N)N(C)Cc1ccccc1. The average molecular weight is 317 g/mol. The molecular formula is C16H17BrN2. The maximum absolute atomic E-state index is 8.36. The van der Waals surface area contributed by atoms with E-state index in [4.69, 9.17) is 5.41 Å². The smallest absolute Gasteiger partial charge is 0.129 e. The number of hydrogen-bond acceptors (Lipinski definition) is 1. The first-order chi connectivity index (χ1) is 9.09. The van der Waals surface area contributed by atoms with Gasteiger partial charge in [0, 0.05) is 23.6 Å². The first-order valence-electron chi connectivity index (χ1n) is 6.18. The van der Waals surface area contributed by atoms with Gasteiger partial charge in [0.05, 0.1) is 0 Å². The molecule has 0 radical (unpaired) electrons. The fraction of sp³-hybridized carbons (Fsp3) is 0.188. The van der Waals surface area contributed by atoms with Crippen LogP contribution in [0, 0.1) is 12.3 Å². The van der Waals surface area contributed by atoms with Crippen molar-refractivity contribution in [2.24, 2.45) is 0 Å². The lowest BCUT2D eigenvalue weighted by molar-refractivity contribution is 0.498. The number of benzene rings is 2. The maximum atomic E-state index is 8.36. The van der Waals surface area contributed by atoms with Crippen LogP contribution in [0.1, 0.15) is 16.7 Å². The van der Waals surface area contributed by atoms with Crippen molar-refractivity contribution in [3.05, 3.63) is 69.7 Å². The Hall–Kier alpha value is -1.61. The van der Waals surface area contributed by atoms with Crippen molar-refractivity contribution in [1.29, 1.82) is 5.41 Å². The zero-order valence-electron chi connectivity index (χ0n) is 11.2. The Morgan fingerprint density at radius 1 is 1.11 bits per heavy atom. The van der Waals surface area contributed by atoms with Crippen LogP contribution in [0.4, 0.5) is 0 Å². The molecule has 0 unspecified atom stereocenters. The molecule has 0 atom stereocenters. The second kappa shape index (κ2) is 6.02. The number of nitrogens with one attached hydrogen (secondary N) is 1. The Labute approximate surface area is 122 Å². The highest BCUT2D eigenvalue weighted by atomic mass is 79.9. The van der Waals surface area contributed by atoms with E-state index in [-0.39, 0.29) is 0 Å². The largest absolute Gasteiger partial charge is 0.355 e. The van der Waals surface area contributed by atoms with Crippen LogP contribution >= 0.6 is 15.9 Å². The summed E-state index contributed by atoms with van der Waals surface area (Å²) < 4.78 is 0.970. The highest BCUT2D eigenvalue weighted by Gasteiger charge is 2.13. The molecule has 98 valence electrons. The van der Waals surface area contributed by atoms with Gasteiger partial charge in [0.1, 0.15) is 5.84 Å². The monoisotopic (exact) mass is 316 g/mol. The number of amidine groups is 1. The molecule has 0 saturated carbocycles. The molecule has 0 aliphatic heterocycles. The van der Waals surface area contributed by atoms with Crippen molar-refractivity contribution in [2.75, 3.05) is 7.05 Å². The molecular weight excluding hydrogens is 300 g/mol. The van der Waals surface area contributed by atoms with E-state index in [0.717, 1.165) is 22.1 Å². The first kappa shape index (κ1) is 13.8. The second-order valence-electron chi connectivity index (χ2n) is 4.62. The summed E-state index contributed by atoms with van der Waals surface area (Å²) in [7, 11) is 1.95. The van der Waals surface area contributed by atoms with Crippen molar-refractivity contribution >= 4 is 21.8 Å². The van der Waals surface area contributed by atoms with E-state index in [1.54, 1.807) is 0 Å². The zero-order chi connectivity index (χ0) is 13.8. The molecule has 0 spiro atoms. The van der Waals surface area contributed by atoms with Crippen molar-refractivity contribution in [2.45, 2.75) is 13.5 Å². The molecule has 0 aliphatic carbocycles. The number of rotatable bonds is 3. The standard InChI is InChI=1S/C16H17BrN2/c1-12-7-6-10-14(17)15(12)16(18)19(2)11-13-8-4-3-5-9-13/h3-10,18H,11H2,1-2H3. The van der Waals surface area contributed by atoms with E-state index in [1.807, 2.05) is 55.3 Å². The van der Waals surface area contributed by atoms with Crippen molar-refractivity contribution < 1.29 is 0 Å². The van der Waals surface area contributed by atoms with Crippen molar-refractivity contribution in [3.63, 3.8) is 0 Å². The van der Waals surface area contributed by atoms with Gasteiger partial charge in [-0.05, 0) is 24.1 Å². The Balaban J connectivity index is 2.20. The third-order valence-corrected chi connectivity index (χ3v) is 3.76. The zero-order valence-corrected chi connectivity index (χ0v) is 12.7. The molecule has 0 heterocycles. The Morgan fingerprint density at radius 3 is 2.42 bits per heavy atom. The van der Waals surface area contributed by atoms with E-state index in [9.17, 15) is 0 Å². The molecule has 0 aliphatic rings. The van der Waals surface area contributed by atoms with Crippen molar-refractivity contribution in [1.82, 2.24) is 4.90 Å². The Bertz CT molecular complexity index is 558. The van der Waals surface area contributed by atoms with Crippen LogP contribution in [0.15, 0.2) is 53.0 Å². The average Bonchev–Trinajstić information content (AvgIpc) is 2.39. The van der Waals surface area contributed by atoms with Crippen LogP contribution in [0.25, 0.3) is 0 Å². The quantitative estimate of drug-likeness (QED) is 0.666. The molecule has 1 N–H and O–H groups in total. The van der Waals surface area contributed by atoms with Gasteiger partial charge in [-0.15, -0.1) is 0 Å². The molecule has 0 amide bonds. The highest BCUT2D eigenvalue weighted by molar-refractivity contribution is 9.10. The molecule has 2 aromatic carbocycles. The fourth-order valence-corrected chi connectivity index (χ4v) is 2.71. The summed E-state index contributed by atoms with van der Waals surface area (Å²) in [6.45, 7) is 2.77. The second-order valence-corrected chi connectivity index (χ2v) is 5.48. The lowest BCUT2D eigenvalue weighted by Gasteiger charge is -2.22. The summed E-state index contributed by atoms with van der Waals surface area (Å²) in [4.78, 5) is 1.96. The molecule has 0 bridgehead atoms. The molecule has 0 aromatic heterocycles. The topological polar surface area (TPSA) is 27.1 Å². The molecule has 3 heteroatoms. The van der Waals surface area contributed by atoms with E-state index >= 15 is 0 Å². The minimum atomic E-state index is 0.536. The molecule has 0 fully saturated rings. The van der Waals surface area contributed by atoms with Gasteiger partial charge in [-0.2, -0.15) is 0 Å². The number of aryl methyl sites for hydroxylation is 1. The van der Waals surface area contributed by atoms with Crippen LogP contribution < -0.4 is 0 Å². The first-order valence-corrected chi connectivity index (χ1v) is 6.98. The molecule has 2 nitrogen and oxygen atoms in total. The van der Waals surface area contributed by atoms with E-state index in [1.165, 1.54) is 5.56 Å². The van der Waals surface area contributed by atoms with Gasteiger partial charge in [-0.25, -0.2) is 0 Å². The summed E-state index contributed by atoms with van der Waals surface area (Å²) in [6.07, 6.45) is 0. The van der Waals surface area contributed by atoms with Gasteiger partial charge in [-0.1, -0.05) is 58.4 Å². The number of halogens is 1.